The molecule has 0 fully saturated rings. The van der Waals surface area contributed by atoms with Crippen molar-refractivity contribution in [3.8, 4) is 5.75 Å². The number of carbonyl (C=O) groups is 1. The molecule has 0 aliphatic rings. The smallest absolute Gasteiger partial charge is 0.312 e. The molecule has 2 N–H and O–H groups in total. The zero-order chi connectivity index (χ0) is 23.4. The standard InChI is InChI=1S/C27H28N2O3S/c1-27(2,3)33-25-21-16-20(32-17-19-11-7-8-14-28-19)12-13-23(21)29-24(25)22(26(30)31)15-18-9-5-4-6-10-18/h4-14,16,22,29H,15,17H2,1-3H3,(H,30,31). The lowest BCUT2D eigenvalue weighted by Crippen LogP contribution is -2.17. The van der Waals surface area contributed by atoms with E-state index in [1.807, 2.05) is 66.7 Å². The lowest BCUT2D eigenvalue weighted by molar-refractivity contribution is -0.138. The number of carboxylic acid groups (broad SMARTS) is 1. The van der Waals surface area contributed by atoms with E-state index < -0.39 is 11.9 Å². The van der Waals surface area contributed by atoms with Gasteiger partial charge in [0.05, 0.1) is 5.69 Å². The first-order valence-electron chi connectivity index (χ1n) is 10.9. The van der Waals surface area contributed by atoms with Crippen LogP contribution in [0, 0.1) is 0 Å². The third-order valence-electron chi connectivity index (χ3n) is 5.20. The Kier molecular flexibility index (Phi) is 6.75. The second-order valence-electron chi connectivity index (χ2n) is 8.98. The number of rotatable bonds is 8. The molecule has 4 rings (SSSR count). The molecule has 0 aliphatic carbocycles. The van der Waals surface area contributed by atoms with Crippen molar-refractivity contribution in [2.24, 2.45) is 0 Å². The Labute approximate surface area is 198 Å². The van der Waals surface area contributed by atoms with Crippen LogP contribution in [0.4, 0.5) is 0 Å². The summed E-state index contributed by atoms with van der Waals surface area (Å²) in [6, 6.07) is 21.4. The van der Waals surface area contributed by atoms with E-state index >= 15 is 0 Å². The van der Waals surface area contributed by atoms with E-state index in [1.165, 1.54) is 0 Å². The number of fused-ring (bicyclic) bond motifs is 1. The number of H-pyrrole nitrogens is 1. The van der Waals surface area contributed by atoms with E-state index in [2.05, 4.69) is 30.7 Å². The van der Waals surface area contributed by atoms with Gasteiger partial charge in [0.25, 0.3) is 0 Å². The average Bonchev–Trinajstić information content (AvgIpc) is 3.13. The normalized spacial score (nSPS) is 12.6. The van der Waals surface area contributed by atoms with Gasteiger partial charge in [0, 0.05) is 32.4 Å². The summed E-state index contributed by atoms with van der Waals surface area (Å²) >= 11 is 1.68. The van der Waals surface area contributed by atoms with Gasteiger partial charge < -0.3 is 14.8 Å². The van der Waals surface area contributed by atoms with Crippen LogP contribution in [-0.2, 0) is 17.8 Å². The molecule has 2 aromatic carbocycles. The summed E-state index contributed by atoms with van der Waals surface area (Å²) in [7, 11) is 0. The Hall–Kier alpha value is -3.25. The molecule has 1 atom stereocenters. The minimum absolute atomic E-state index is 0.0928. The number of hydrogen-bond donors (Lipinski definition) is 2. The monoisotopic (exact) mass is 460 g/mol. The summed E-state index contributed by atoms with van der Waals surface area (Å²) in [5.74, 6) is -0.792. The number of thioether (sulfide) groups is 1. The Balaban J connectivity index is 1.73. The van der Waals surface area contributed by atoms with E-state index in [0.717, 1.165) is 38.5 Å². The number of pyridine rings is 1. The molecule has 0 saturated heterocycles. The summed E-state index contributed by atoms with van der Waals surface area (Å²) in [6.45, 7) is 6.77. The highest BCUT2D eigenvalue weighted by Gasteiger charge is 2.29. The maximum Gasteiger partial charge on any atom is 0.312 e. The van der Waals surface area contributed by atoms with Gasteiger partial charge in [0.1, 0.15) is 18.3 Å². The Bertz CT molecular complexity index is 1230. The highest BCUT2D eigenvalue weighted by atomic mass is 32.2. The van der Waals surface area contributed by atoms with Crippen molar-refractivity contribution < 1.29 is 14.6 Å². The van der Waals surface area contributed by atoms with E-state index in [0.29, 0.717) is 13.0 Å². The second-order valence-corrected chi connectivity index (χ2v) is 10.8. The van der Waals surface area contributed by atoms with Gasteiger partial charge in [-0.3, -0.25) is 9.78 Å². The van der Waals surface area contributed by atoms with Crippen molar-refractivity contribution in [2.75, 3.05) is 0 Å². The fourth-order valence-electron chi connectivity index (χ4n) is 3.72. The Morgan fingerprint density at radius 1 is 1.09 bits per heavy atom. The largest absolute Gasteiger partial charge is 0.487 e. The molecule has 170 valence electrons. The SMILES string of the molecule is CC(C)(C)Sc1c(C(Cc2ccccc2)C(=O)O)[nH]c2ccc(OCc3ccccn3)cc12. The Morgan fingerprint density at radius 3 is 2.52 bits per heavy atom. The third kappa shape index (κ3) is 5.76. The van der Waals surface area contributed by atoms with Crippen LogP contribution in [0.3, 0.4) is 0 Å². The number of nitrogens with zero attached hydrogens (tertiary/aromatic N) is 1. The van der Waals surface area contributed by atoms with Gasteiger partial charge in [-0.2, -0.15) is 0 Å². The number of aromatic nitrogens is 2. The van der Waals surface area contributed by atoms with Gasteiger partial charge in [-0.05, 0) is 42.3 Å². The van der Waals surface area contributed by atoms with E-state index in [4.69, 9.17) is 4.74 Å². The van der Waals surface area contributed by atoms with Crippen LogP contribution < -0.4 is 4.74 Å². The number of aromatic amines is 1. The van der Waals surface area contributed by atoms with Crippen molar-refractivity contribution in [1.82, 2.24) is 9.97 Å². The quantitative estimate of drug-likeness (QED) is 0.296. The molecule has 0 bridgehead atoms. The summed E-state index contributed by atoms with van der Waals surface area (Å²) in [4.78, 5) is 21.1. The fourth-order valence-corrected chi connectivity index (χ4v) is 4.92. The van der Waals surface area contributed by atoms with Crippen molar-refractivity contribution in [1.29, 1.82) is 0 Å². The van der Waals surface area contributed by atoms with Crippen molar-refractivity contribution >= 4 is 28.6 Å². The molecule has 4 aromatic rings. The average molecular weight is 461 g/mol. The molecule has 33 heavy (non-hydrogen) atoms. The molecule has 6 heteroatoms. The second kappa shape index (κ2) is 9.71. The molecule has 0 spiro atoms. The fraction of sp³-hybridized carbons (Fsp3) is 0.259. The van der Waals surface area contributed by atoms with E-state index in [-0.39, 0.29) is 4.75 Å². The molecule has 2 aromatic heterocycles. The first-order chi connectivity index (χ1) is 15.8. The molecule has 1 unspecified atom stereocenters. The van der Waals surface area contributed by atoms with Gasteiger partial charge in [-0.1, -0.05) is 57.2 Å². The van der Waals surface area contributed by atoms with Crippen LogP contribution in [0.1, 0.15) is 43.6 Å². The van der Waals surface area contributed by atoms with Gasteiger partial charge in [-0.15, -0.1) is 11.8 Å². The molecule has 2 heterocycles. The first-order valence-corrected chi connectivity index (χ1v) is 11.8. The van der Waals surface area contributed by atoms with Crippen molar-refractivity contribution in [3.05, 3.63) is 89.9 Å². The lowest BCUT2D eigenvalue weighted by Gasteiger charge is -2.20. The first kappa shape index (κ1) is 22.9. The number of benzene rings is 2. The number of hydrogen-bond acceptors (Lipinski definition) is 4. The minimum Gasteiger partial charge on any atom is -0.487 e. The van der Waals surface area contributed by atoms with Crippen LogP contribution in [-0.4, -0.2) is 25.8 Å². The summed E-state index contributed by atoms with van der Waals surface area (Å²) in [5, 5.41) is 11.1. The maximum absolute atomic E-state index is 12.4. The lowest BCUT2D eigenvalue weighted by atomic mass is 9.96. The van der Waals surface area contributed by atoms with Crippen molar-refractivity contribution in [2.45, 2.75) is 49.4 Å². The molecule has 0 aliphatic heterocycles. The maximum atomic E-state index is 12.4. The summed E-state index contributed by atoms with van der Waals surface area (Å²) < 4.78 is 5.90. The number of nitrogens with one attached hydrogen (secondary N) is 1. The predicted octanol–water partition coefficient (Wildman–Crippen LogP) is 6.44. The summed E-state index contributed by atoms with van der Waals surface area (Å²) in [5.41, 5.74) is 3.49. The molecule has 0 saturated carbocycles. The van der Waals surface area contributed by atoms with Crippen LogP contribution in [0.15, 0.2) is 77.8 Å². The van der Waals surface area contributed by atoms with E-state index in [9.17, 15) is 9.90 Å². The van der Waals surface area contributed by atoms with Crippen LogP contribution >= 0.6 is 11.8 Å². The van der Waals surface area contributed by atoms with E-state index in [1.54, 1.807) is 18.0 Å². The molecular weight excluding hydrogens is 432 g/mol. The third-order valence-corrected chi connectivity index (χ3v) is 6.46. The van der Waals surface area contributed by atoms with Crippen LogP contribution in [0.25, 0.3) is 10.9 Å². The van der Waals surface area contributed by atoms with Gasteiger partial charge in [0.2, 0.25) is 0 Å². The predicted molar refractivity (Wildman–Crippen MR) is 133 cm³/mol. The molecular formula is C27H28N2O3S. The zero-order valence-electron chi connectivity index (χ0n) is 19.0. The molecule has 0 radical (unpaired) electrons. The Morgan fingerprint density at radius 2 is 1.85 bits per heavy atom. The number of aliphatic carboxylic acids is 1. The highest BCUT2D eigenvalue weighted by Crippen LogP contribution is 2.43. The van der Waals surface area contributed by atoms with Crippen LogP contribution in [0.2, 0.25) is 0 Å². The number of carboxylic acids is 1. The highest BCUT2D eigenvalue weighted by molar-refractivity contribution is 8.00. The van der Waals surface area contributed by atoms with Crippen molar-refractivity contribution in [3.63, 3.8) is 0 Å². The molecule has 0 amide bonds. The van der Waals surface area contributed by atoms with Gasteiger partial charge in [-0.25, -0.2) is 0 Å². The molecule has 5 nitrogen and oxygen atoms in total. The summed E-state index contributed by atoms with van der Waals surface area (Å²) in [6.07, 6.45) is 2.17. The van der Waals surface area contributed by atoms with Gasteiger partial charge >= 0.3 is 5.97 Å². The zero-order valence-corrected chi connectivity index (χ0v) is 19.9. The minimum atomic E-state index is -0.840. The van der Waals surface area contributed by atoms with Crippen LogP contribution in [0.5, 0.6) is 5.75 Å². The topological polar surface area (TPSA) is 75.2 Å². The van der Waals surface area contributed by atoms with Gasteiger partial charge in [0.15, 0.2) is 0 Å². The number of ether oxygens (including phenoxy) is 1.